The minimum absolute atomic E-state index is 0.298. The first kappa shape index (κ1) is 13.3. The Kier molecular flexibility index (Phi) is 3.18. The molecule has 0 aliphatic heterocycles. The number of hydrogen-bond acceptors (Lipinski definition) is 2. The number of carbonyl (C=O) groups is 1. The summed E-state index contributed by atoms with van der Waals surface area (Å²) in [6, 6.07) is 16.0. The molecule has 0 atom stereocenters. The summed E-state index contributed by atoms with van der Waals surface area (Å²) in [7, 11) is 0. The molecule has 1 aromatic heterocycles. The van der Waals surface area contributed by atoms with Crippen LogP contribution in [0.5, 0.6) is 0 Å². The predicted octanol–water partition coefficient (Wildman–Crippen LogP) is 3.62. The molecule has 21 heavy (non-hydrogen) atoms. The monoisotopic (exact) mass is 276 g/mol. The van der Waals surface area contributed by atoms with Crippen molar-refractivity contribution in [2.75, 3.05) is 0 Å². The quantitative estimate of drug-likeness (QED) is 0.777. The van der Waals surface area contributed by atoms with Crippen molar-refractivity contribution in [3.63, 3.8) is 0 Å². The number of pyridine rings is 1. The fourth-order valence-corrected chi connectivity index (χ4v) is 2.56. The predicted molar refractivity (Wildman–Crippen MR) is 85.2 cm³/mol. The van der Waals surface area contributed by atoms with Gasteiger partial charge in [0.15, 0.2) is 0 Å². The van der Waals surface area contributed by atoms with Crippen LogP contribution in [0.15, 0.2) is 48.5 Å². The zero-order chi connectivity index (χ0) is 15.0. The Morgan fingerprint density at radius 1 is 1.00 bits per heavy atom. The van der Waals surface area contributed by atoms with Crippen LogP contribution in [-0.2, 0) is 0 Å². The van der Waals surface area contributed by atoms with E-state index in [2.05, 4.69) is 30.1 Å². The Hall–Kier alpha value is -2.68. The summed E-state index contributed by atoms with van der Waals surface area (Å²) in [5.74, 6) is -0.506. The molecule has 104 valence electrons. The lowest BCUT2D eigenvalue weighted by Gasteiger charge is -2.11. The van der Waals surface area contributed by atoms with Crippen molar-refractivity contribution in [3.8, 4) is 11.1 Å². The first-order chi connectivity index (χ1) is 10.1. The molecule has 0 saturated heterocycles. The maximum absolute atomic E-state index is 11.6. The van der Waals surface area contributed by atoms with Crippen LogP contribution in [0.3, 0.4) is 0 Å². The third kappa shape index (κ3) is 2.38. The van der Waals surface area contributed by atoms with Gasteiger partial charge in [-0.25, -0.2) is 4.98 Å². The second kappa shape index (κ2) is 5.02. The third-order valence-corrected chi connectivity index (χ3v) is 3.65. The lowest BCUT2D eigenvalue weighted by Crippen LogP contribution is -2.13. The number of benzene rings is 2. The van der Waals surface area contributed by atoms with Crippen molar-refractivity contribution >= 4 is 16.8 Å². The van der Waals surface area contributed by atoms with Crippen LogP contribution in [0.4, 0.5) is 0 Å². The van der Waals surface area contributed by atoms with Gasteiger partial charge in [-0.05, 0) is 48.2 Å². The van der Waals surface area contributed by atoms with Gasteiger partial charge < -0.3 is 5.73 Å². The van der Waals surface area contributed by atoms with E-state index >= 15 is 0 Å². The molecule has 1 amide bonds. The maximum atomic E-state index is 11.6. The summed E-state index contributed by atoms with van der Waals surface area (Å²) in [4.78, 5) is 15.9. The molecule has 3 aromatic rings. The van der Waals surface area contributed by atoms with E-state index in [0.717, 1.165) is 33.2 Å². The fraction of sp³-hybridized carbons (Fsp3) is 0.111. The van der Waals surface area contributed by atoms with E-state index in [4.69, 9.17) is 5.73 Å². The van der Waals surface area contributed by atoms with Gasteiger partial charge in [-0.1, -0.05) is 36.4 Å². The van der Waals surface area contributed by atoms with Crippen LogP contribution >= 0.6 is 0 Å². The standard InChI is InChI=1S/C18H16N2O/c1-11-7-8-14-15(13-6-4-3-5-12(13)2)10-17(18(19)21)20-16(14)9-11/h3-10H,1-2H3,(H2,19,21). The topological polar surface area (TPSA) is 56.0 Å². The van der Waals surface area contributed by atoms with Crippen molar-refractivity contribution in [2.45, 2.75) is 13.8 Å². The Balaban J connectivity index is 2.40. The summed E-state index contributed by atoms with van der Waals surface area (Å²) >= 11 is 0. The van der Waals surface area contributed by atoms with Crippen molar-refractivity contribution in [1.82, 2.24) is 4.98 Å². The molecule has 0 spiro atoms. The van der Waals surface area contributed by atoms with Gasteiger partial charge in [0, 0.05) is 5.39 Å². The number of nitrogens with two attached hydrogens (primary N) is 1. The highest BCUT2D eigenvalue weighted by Gasteiger charge is 2.12. The van der Waals surface area contributed by atoms with Crippen molar-refractivity contribution in [1.29, 1.82) is 0 Å². The minimum atomic E-state index is -0.506. The number of aryl methyl sites for hydroxylation is 2. The van der Waals surface area contributed by atoms with E-state index in [-0.39, 0.29) is 0 Å². The first-order valence-electron chi connectivity index (χ1n) is 6.83. The van der Waals surface area contributed by atoms with Gasteiger partial charge in [0.2, 0.25) is 0 Å². The van der Waals surface area contributed by atoms with E-state index in [0.29, 0.717) is 5.69 Å². The molecule has 0 radical (unpaired) electrons. The van der Waals surface area contributed by atoms with Gasteiger partial charge in [0.1, 0.15) is 5.69 Å². The molecule has 3 heteroatoms. The van der Waals surface area contributed by atoms with Crippen LogP contribution in [0.25, 0.3) is 22.0 Å². The normalized spacial score (nSPS) is 10.8. The highest BCUT2D eigenvalue weighted by Crippen LogP contribution is 2.31. The molecule has 3 rings (SSSR count). The SMILES string of the molecule is Cc1ccc2c(-c3ccccc3C)cc(C(N)=O)nc2c1. The highest BCUT2D eigenvalue weighted by atomic mass is 16.1. The van der Waals surface area contributed by atoms with E-state index in [1.165, 1.54) is 0 Å². The van der Waals surface area contributed by atoms with E-state index in [1.807, 2.05) is 31.2 Å². The molecule has 0 saturated carbocycles. The van der Waals surface area contributed by atoms with Gasteiger partial charge in [-0.3, -0.25) is 4.79 Å². The largest absolute Gasteiger partial charge is 0.364 e. The first-order valence-corrected chi connectivity index (χ1v) is 6.83. The molecule has 0 fully saturated rings. The second-order valence-corrected chi connectivity index (χ2v) is 5.25. The number of primary amides is 1. The van der Waals surface area contributed by atoms with Crippen LogP contribution in [0.1, 0.15) is 21.6 Å². The molecule has 0 aliphatic carbocycles. The van der Waals surface area contributed by atoms with Gasteiger partial charge in [0.25, 0.3) is 5.91 Å². The van der Waals surface area contributed by atoms with Crippen LogP contribution in [-0.4, -0.2) is 10.9 Å². The minimum Gasteiger partial charge on any atom is -0.364 e. The third-order valence-electron chi connectivity index (χ3n) is 3.65. The fourth-order valence-electron chi connectivity index (χ4n) is 2.56. The van der Waals surface area contributed by atoms with Crippen molar-refractivity contribution in [3.05, 3.63) is 65.4 Å². The van der Waals surface area contributed by atoms with Gasteiger partial charge >= 0.3 is 0 Å². The van der Waals surface area contributed by atoms with Crippen LogP contribution in [0.2, 0.25) is 0 Å². The van der Waals surface area contributed by atoms with Crippen LogP contribution < -0.4 is 5.73 Å². The van der Waals surface area contributed by atoms with E-state index in [1.54, 1.807) is 6.07 Å². The summed E-state index contributed by atoms with van der Waals surface area (Å²) in [5, 5.41) is 1.03. The number of carbonyl (C=O) groups excluding carboxylic acids is 1. The Bertz CT molecular complexity index is 853. The average molecular weight is 276 g/mol. The summed E-state index contributed by atoms with van der Waals surface area (Å²) in [6.45, 7) is 4.06. The number of aromatic nitrogens is 1. The van der Waals surface area contributed by atoms with E-state index < -0.39 is 5.91 Å². The second-order valence-electron chi connectivity index (χ2n) is 5.25. The van der Waals surface area contributed by atoms with Gasteiger partial charge in [0.05, 0.1) is 5.52 Å². The van der Waals surface area contributed by atoms with Crippen molar-refractivity contribution < 1.29 is 4.79 Å². The number of hydrogen-bond donors (Lipinski definition) is 1. The molecule has 0 aliphatic rings. The zero-order valence-corrected chi connectivity index (χ0v) is 12.1. The average Bonchev–Trinajstić information content (AvgIpc) is 2.46. The number of fused-ring (bicyclic) bond motifs is 1. The molecular weight excluding hydrogens is 260 g/mol. The molecule has 0 unspecified atom stereocenters. The van der Waals surface area contributed by atoms with Gasteiger partial charge in [-0.15, -0.1) is 0 Å². The Labute approximate surface area is 123 Å². The number of rotatable bonds is 2. The summed E-state index contributed by atoms with van der Waals surface area (Å²) < 4.78 is 0. The molecule has 1 heterocycles. The Morgan fingerprint density at radius 2 is 1.76 bits per heavy atom. The maximum Gasteiger partial charge on any atom is 0.267 e. The number of nitrogens with zero attached hydrogens (tertiary/aromatic N) is 1. The smallest absolute Gasteiger partial charge is 0.267 e. The molecule has 2 aromatic carbocycles. The summed E-state index contributed by atoms with van der Waals surface area (Å²) in [6.07, 6.45) is 0. The highest BCUT2D eigenvalue weighted by molar-refractivity contribution is 6.01. The Morgan fingerprint density at radius 3 is 2.48 bits per heavy atom. The van der Waals surface area contributed by atoms with E-state index in [9.17, 15) is 4.79 Å². The lowest BCUT2D eigenvalue weighted by atomic mass is 9.96. The summed E-state index contributed by atoms with van der Waals surface area (Å²) in [5.41, 5.74) is 10.9. The van der Waals surface area contributed by atoms with Gasteiger partial charge in [-0.2, -0.15) is 0 Å². The lowest BCUT2D eigenvalue weighted by molar-refractivity contribution is 0.0996. The number of amides is 1. The molecule has 0 bridgehead atoms. The molecule has 3 nitrogen and oxygen atoms in total. The molecule has 2 N–H and O–H groups in total. The van der Waals surface area contributed by atoms with Crippen LogP contribution in [0, 0.1) is 13.8 Å². The zero-order valence-electron chi connectivity index (χ0n) is 12.1. The molecular formula is C18H16N2O. The van der Waals surface area contributed by atoms with Crippen molar-refractivity contribution in [2.24, 2.45) is 5.73 Å².